The summed E-state index contributed by atoms with van der Waals surface area (Å²) in [5, 5.41) is 5.27. The van der Waals surface area contributed by atoms with E-state index in [1.165, 1.54) is 0 Å². The maximum absolute atomic E-state index is 12.5. The normalized spacial score (nSPS) is 10.9. The van der Waals surface area contributed by atoms with Crippen LogP contribution in [0, 0.1) is 0 Å². The van der Waals surface area contributed by atoms with E-state index >= 15 is 0 Å². The molecule has 1 aromatic rings. The van der Waals surface area contributed by atoms with Gasteiger partial charge in [-0.3, -0.25) is 0 Å². The van der Waals surface area contributed by atoms with Gasteiger partial charge in [-0.15, -0.1) is 5.10 Å². The fourth-order valence-electron chi connectivity index (χ4n) is 1.02. The van der Waals surface area contributed by atoms with Crippen LogP contribution >= 0.6 is 11.6 Å². The molecule has 1 heterocycles. The number of nitrogens with zero attached hydrogens (tertiary/aromatic N) is 5. The molecule has 18 heavy (non-hydrogen) atoms. The molecule has 0 unspecified atom stereocenters. The molecular formula is C7H5ClF3N5O2. The predicted molar refractivity (Wildman–Crippen MR) is 52.4 cm³/mol. The maximum atomic E-state index is 12.5. The Morgan fingerprint density at radius 1 is 1.67 bits per heavy atom. The van der Waals surface area contributed by atoms with Gasteiger partial charge in [0.05, 0.1) is 11.6 Å². The Bertz CT molecular complexity index is 520. The second kappa shape index (κ2) is 5.15. The molecule has 1 aromatic heterocycles. The van der Waals surface area contributed by atoms with Gasteiger partial charge in [0.2, 0.25) is 0 Å². The largest absolute Gasteiger partial charge is 0.436 e. The van der Waals surface area contributed by atoms with Crippen LogP contribution in [0.2, 0.25) is 5.02 Å². The topological polar surface area (TPSA) is 92.9 Å². The third kappa shape index (κ3) is 3.05. The molecule has 0 amide bonds. The Morgan fingerprint density at radius 2 is 2.28 bits per heavy atom. The van der Waals surface area contributed by atoms with Gasteiger partial charge in [-0.05, 0) is 5.53 Å². The lowest BCUT2D eigenvalue weighted by Gasteiger charge is -2.02. The van der Waals surface area contributed by atoms with Crippen LogP contribution in [0.15, 0.2) is 5.11 Å². The van der Waals surface area contributed by atoms with Crippen LogP contribution in [-0.4, -0.2) is 15.9 Å². The second-order valence-electron chi connectivity index (χ2n) is 2.95. The zero-order valence-electron chi connectivity index (χ0n) is 8.77. The summed E-state index contributed by atoms with van der Waals surface area (Å²) in [7, 11) is 0. The van der Waals surface area contributed by atoms with Crippen LogP contribution in [0.5, 0.6) is 0 Å². The first-order valence-electron chi connectivity index (χ1n) is 4.31. The Labute approximate surface area is 103 Å². The standard InChI is InChI=1S/C7H5ClF3N5O2/c1-3(17)18-16-4(2-13-15-12)5(8)6(14-16)7(9,10)11/h2H2,1H3. The molecule has 0 atom stereocenters. The average molecular weight is 284 g/mol. The first-order chi connectivity index (χ1) is 8.27. The van der Waals surface area contributed by atoms with E-state index in [1.807, 2.05) is 0 Å². The highest BCUT2D eigenvalue weighted by Crippen LogP contribution is 2.35. The van der Waals surface area contributed by atoms with Crippen LogP contribution in [0.3, 0.4) is 0 Å². The molecule has 7 nitrogen and oxygen atoms in total. The third-order valence-corrected chi connectivity index (χ3v) is 2.05. The van der Waals surface area contributed by atoms with Crippen molar-refractivity contribution in [3.63, 3.8) is 0 Å². The van der Waals surface area contributed by atoms with Crippen molar-refractivity contribution >= 4 is 17.6 Å². The highest BCUT2D eigenvalue weighted by atomic mass is 35.5. The molecule has 0 N–H and O–H groups in total. The maximum Gasteiger partial charge on any atom is 0.436 e. The van der Waals surface area contributed by atoms with Crippen LogP contribution in [-0.2, 0) is 17.5 Å². The van der Waals surface area contributed by atoms with Gasteiger partial charge in [-0.1, -0.05) is 21.6 Å². The molecule has 98 valence electrons. The van der Waals surface area contributed by atoms with Gasteiger partial charge in [0, 0.05) is 11.8 Å². The number of hydrogen-bond acceptors (Lipinski definition) is 4. The first-order valence-corrected chi connectivity index (χ1v) is 4.69. The van der Waals surface area contributed by atoms with Gasteiger partial charge < -0.3 is 4.84 Å². The summed E-state index contributed by atoms with van der Waals surface area (Å²) in [6.07, 6.45) is -4.81. The van der Waals surface area contributed by atoms with E-state index in [4.69, 9.17) is 17.1 Å². The fourth-order valence-corrected chi connectivity index (χ4v) is 1.30. The lowest BCUT2D eigenvalue weighted by atomic mass is 10.3. The predicted octanol–water partition coefficient (Wildman–Crippen LogP) is 2.34. The zero-order valence-corrected chi connectivity index (χ0v) is 9.53. The van der Waals surface area contributed by atoms with E-state index in [0.29, 0.717) is 4.85 Å². The number of rotatable bonds is 3. The minimum Gasteiger partial charge on any atom is -0.319 e. The summed E-state index contributed by atoms with van der Waals surface area (Å²) in [5.74, 6) is -0.898. The Balaban J connectivity index is 3.30. The lowest BCUT2D eigenvalue weighted by molar-refractivity contribution is -0.149. The van der Waals surface area contributed by atoms with Crippen LogP contribution in [0.25, 0.3) is 10.4 Å². The van der Waals surface area contributed by atoms with Crippen molar-refractivity contribution < 1.29 is 22.8 Å². The highest BCUT2D eigenvalue weighted by molar-refractivity contribution is 6.32. The first kappa shape index (κ1) is 14.1. The number of hydrogen-bond donors (Lipinski definition) is 0. The van der Waals surface area contributed by atoms with Crippen LogP contribution in [0.4, 0.5) is 13.2 Å². The monoisotopic (exact) mass is 283 g/mol. The molecule has 0 aliphatic carbocycles. The number of azide groups is 1. The SMILES string of the molecule is CC(=O)On1nc(C(F)(F)F)c(Cl)c1CN=[N+]=[N-]. The molecule has 0 aliphatic rings. The number of halogens is 4. The van der Waals surface area contributed by atoms with Gasteiger partial charge in [0.25, 0.3) is 0 Å². The van der Waals surface area contributed by atoms with E-state index in [1.54, 1.807) is 0 Å². The van der Waals surface area contributed by atoms with Crippen molar-refractivity contribution in [3.05, 3.63) is 26.9 Å². The van der Waals surface area contributed by atoms with Crippen molar-refractivity contribution in [1.82, 2.24) is 9.94 Å². The third-order valence-electron chi connectivity index (χ3n) is 1.65. The molecule has 0 saturated heterocycles. The Kier molecular flexibility index (Phi) is 4.04. The number of aromatic nitrogens is 2. The molecule has 1 rings (SSSR count). The van der Waals surface area contributed by atoms with Crippen molar-refractivity contribution in [1.29, 1.82) is 0 Å². The zero-order chi connectivity index (χ0) is 13.9. The summed E-state index contributed by atoms with van der Waals surface area (Å²) in [5.41, 5.74) is 6.33. The molecule has 0 fully saturated rings. The average Bonchev–Trinajstić information content (AvgIpc) is 2.52. The lowest BCUT2D eigenvalue weighted by Crippen LogP contribution is -2.20. The molecule has 0 spiro atoms. The Morgan fingerprint density at radius 3 is 2.72 bits per heavy atom. The van der Waals surface area contributed by atoms with E-state index in [9.17, 15) is 18.0 Å². The number of alkyl halides is 3. The van der Waals surface area contributed by atoms with E-state index in [2.05, 4.69) is 20.0 Å². The molecule has 0 saturated carbocycles. The fraction of sp³-hybridized carbons (Fsp3) is 0.429. The van der Waals surface area contributed by atoms with Crippen molar-refractivity contribution in [2.24, 2.45) is 5.11 Å². The van der Waals surface area contributed by atoms with E-state index in [0.717, 1.165) is 6.92 Å². The molecule has 11 heteroatoms. The van der Waals surface area contributed by atoms with Gasteiger partial charge >= 0.3 is 12.1 Å². The minimum absolute atomic E-state index is 0.294. The van der Waals surface area contributed by atoms with Crippen molar-refractivity contribution in [2.75, 3.05) is 0 Å². The van der Waals surface area contributed by atoms with Crippen LogP contribution in [0.1, 0.15) is 18.3 Å². The molecule has 0 radical (unpaired) electrons. The van der Waals surface area contributed by atoms with E-state index in [-0.39, 0.29) is 5.69 Å². The van der Waals surface area contributed by atoms with E-state index < -0.39 is 29.4 Å². The van der Waals surface area contributed by atoms with Crippen molar-refractivity contribution in [3.8, 4) is 0 Å². The second-order valence-corrected chi connectivity index (χ2v) is 3.33. The van der Waals surface area contributed by atoms with Gasteiger partial charge in [0.1, 0.15) is 5.69 Å². The summed E-state index contributed by atoms with van der Waals surface area (Å²) in [4.78, 5) is 17.8. The Hall–Kier alpha value is -1.93. The van der Waals surface area contributed by atoms with Gasteiger partial charge in [-0.25, -0.2) is 4.79 Å². The quantitative estimate of drug-likeness (QED) is 0.484. The smallest absolute Gasteiger partial charge is 0.319 e. The minimum atomic E-state index is -4.81. The van der Waals surface area contributed by atoms with Crippen LogP contribution < -0.4 is 4.84 Å². The molecule has 0 aromatic carbocycles. The van der Waals surface area contributed by atoms with Crippen molar-refractivity contribution in [2.45, 2.75) is 19.6 Å². The highest BCUT2D eigenvalue weighted by Gasteiger charge is 2.39. The summed E-state index contributed by atoms with van der Waals surface area (Å²) in [6, 6.07) is 0. The molecule has 0 bridgehead atoms. The molecule has 0 aliphatic heterocycles. The summed E-state index contributed by atoms with van der Waals surface area (Å²) in [6.45, 7) is 0.436. The molecular weight excluding hydrogens is 279 g/mol. The summed E-state index contributed by atoms with van der Waals surface area (Å²) >= 11 is 5.46. The summed E-state index contributed by atoms with van der Waals surface area (Å²) < 4.78 is 37.5. The number of carbonyl (C=O) groups is 1. The van der Waals surface area contributed by atoms with Gasteiger partial charge in [0.15, 0.2) is 5.69 Å². The van der Waals surface area contributed by atoms with Gasteiger partial charge in [-0.2, -0.15) is 13.2 Å². The number of carbonyl (C=O) groups excluding carboxylic acids is 1.